The van der Waals surface area contributed by atoms with Crippen molar-refractivity contribution in [3.8, 4) is 17.1 Å². The highest BCUT2D eigenvalue weighted by atomic mass is 16.5. The number of aromatic nitrogens is 2. The van der Waals surface area contributed by atoms with Crippen molar-refractivity contribution >= 4 is 5.69 Å². The summed E-state index contributed by atoms with van der Waals surface area (Å²) in [5.41, 5.74) is 9.18. The molecule has 0 saturated heterocycles. The van der Waals surface area contributed by atoms with Gasteiger partial charge in [0, 0.05) is 23.6 Å². The minimum Gasteiger partial charge on any atom is -0.468 e. The molecule has 3 rings (SSSR count). The Kier molecular flexibility index (Phi) is 4.01. The molecule has 22 heavy (non-hydrogen) atoms. The molecule has 0 fully saturated rings. The second kappa shape index (κ2) is 6.26. The summed E-state index contributed by atoms with van der Waals surface area (Å²) in [5, 5.41) is 0. The Balaban J connectivity index is 1.90. The van der Waals surface area contributed by atoms with Crippen LogP contribution in [-0.4, -0.2) is 9.97 Å². The summed E-state index contributed by atoms with van der Waals surface area (Å²) in [6, 6.07) is 17.5. The first-order valence-corrected chi connectivity index (χ1v) is 7.12. The Bertz CT molecular complexity index is 742. The monoisotopic (exact) mass is 291 g/mol. The zero-order chi connectivity index (χ0) is 15.4. The molecule has 1 aromatic heterocycles. The smallest absolute Gasteiger partial charge is 0.241 e. The van der Waals surface area contributed by atoms with Crippen molar-refractivity contribution in [2.75, 3.05) is 5.73 Å². The van der Waals surface area contributed by atoms with Crippen LogP contribution in [0.3, 0.4) is 0 Å². The predicted molar refractivity (Wildman–Crippen MR) is 87.4 cm³/mol. The van der Waals surface area contributed by atoms with E-state index in [1.54, 1.807) is 12.4 Å². The minimum absolute atomic E-state index is 0.106. The van der Waals surface area contributed by atoms with Crippen LogP contribution in [0.5, 0.6) is 5.88 Å². The van der Waals surface area contributed by atoms with E-state index in [9.17, 15) is 0 Å². The summed E-state index contributed by atoms with van der Waals surface area (Å²) in [6.07, 6.45) is 3.19. The van der Waals surface area contributed by atoms with Gasteiger partial charge in [0.2, 0.25) is 5.88 Å². The molecule has 2 N–H and O–H groups in total. The molecule has 0 aliphatic carbocycles. The summed E-state index contributed by atoms with van der Waals surface area (Å²) < 4.78 is 6.01. The zero-order valence-corrected chi connectivity index (χ0v) is 12.3. The number of anilines is 1. The third kappa shape index (κ3) is 3.06. The average molecular weight is 291 g/mol. The SMILES string of the molecule is C[C@H](Oc1nccnc1-c1ccc(N)cc1)c1ccccc1. The van der Waals surface area contributed by atoms with E-state index in [-0.39, 0.29) is 6.10 Å². The Morgan fingerprint density at radius 2 is 1.59 bits per heavy atom. The van der Waals surface area contributed by atoms with E-state index in [0.717, 1.165) is 11.1 Å². The highest BCUT2D eigenvalue weighted by molar-refractivity contribution is 5.66. The fraction of sp³-hybridized carbons (Fsp3) is 0.111. The van der Waals surface area contributed by atoms with Gasteiger partial charge in [0.25, 0.3) is 0 Å². The van der Waals surface area contributed by atoms with E-state index < -0.39 is 0 Å². The number of nitrogen functional groups attached to an aromatic ring is 1. The maximum Gasteiger partial charge on any atom is 0.241 e. The maximum absolute atomic E-state index is 6.01. The second-order valence-corrected chi connectivity index (χ2v) is 5.00. The van der Waals surface area contributed by atoms with Crippen molar-refractivity contribution in [1.82, 2.24) is 9.97 Å². The van der Waals surface area contributed by atoms with E-state index in [1.807, 2.05) is 61.5 Å². The Morgan fingerprint density at radius 3 is 2.32 bits per heavy atom. The molecule has 0 amide bonds. The Morgan fingerprint density at radius 1 is 0.909 bits per heavy atom. The molecule has 1 heterocycles. The van der Waals surface area contributed by atoms with Gasteiger partial charge in [-0.2, -0.15) is 0 Å². The summed E-state index contributed by atoms with van der Waals surface area (Å²) in [7, 11) is 0. The summed E-state index contributed by atoms with van der Waals surface area (Å²) in [5.74, 6) is 0.517. The van der Waals surface area contributed by atoms with Crippen LogP contribution in [0.15, 0.2) is 67.0 Å². The van der Waals surface area contributed by atoms with Crippen molar-refractivity contribution in [3.63, 3.8) is 0 Å². The van der Waals surface area contributed by atoms with Gasteiger partial charge in [0.1, 0.15) is 11.8 Å². The third-order valence-electron chi connectivity index (χ3n) is 3.41. The number of hydrogen-bond donors (Lipinski definition) is 1. The van der Waals surface area contributed by atoms with Crippen LogP contribution in [0.2, 0.25) is 0 Å². The first-order chi connectivity index (χ1) is 10.7. The van der Waals surface area contributed by atoms with Crippen LogP contribution in [0.25, 0.3) is 11.3 Å². The lowest BCUT2D eigenvalue weighted by Gasteiger charge is -2.16. The van der Waals surface area contributed by atoms with E-state index in [1.165, 1.54) is 0 Å². The van der Waals surface area contributed by atoms with Gasteiger partial charge in [0.15, 0.2) is 0 Å². The molecule has 0 spiro atoms. The summed E-state index contributed by atoms with van der Waals surface area (Å²) >= 11 is 0. The van der Waals surface area contributed by atoms with Gasteiger partial charge in [-0.05, 0) is 24.6 Å². The van der Waals surface area contributed by atoms with Crippen molar-refractivity contribution < 1.29 is 4.74 Å². The number of nitrogens with two attached hydrogens (primary N) is 1. The Labute approximate surface area is 129 Å². The lowest BCUT2D eigenvalue weighted by molar-refractivity contribution is 0.218. The van der Waals surface area contributed by atoms with Gasteiger partial charge < -0.3 is 10.5 Å². The van der Waals surface area contributed by atoms with Gasteiger partial charge >= 0.3 is 0 Å². The van der Waals surface area contributed by atoms with Crippen LogP contribution in [-0.2, 0) is 0 Å². The quantitative estimate of drug-likeness (QED) is 0.741. The predicted octanol–water partition coefficient (Wildman–Crippen LogP) is 3.87. The standard InChI is InChI=1S/C18H17N3O/c1-13(14-5-3-2-4-6-14)22-18-17(20-11-12-21-18)15-7-9-16(19)10-8-15/h2-13H,19H2,1H3/t13-/m0/s1. The van der Waals surface area contributed by atoms with Crippen LogP contribution < -0.4 is 10.5 Å². The van der Waals surface area contributed by atoms with Gasteiger partial charge in [-0.3, -0.25) is 0 Å². The van der Waals surface area contributed by atoms with E-state index in [4.69, 9.17) is 10.5 Å². The molecule has 4 nitrogen and oxygen atoms in total. The summed E-state index contributed by atoms with van der Waals surface area (Å²) in [4.78, 5) is 8.72. The molecule has 0 bridgehead atoms. The zero-order valence-electron chi connectivity index (χ0n) is 12.3. The number of benzene rings is 2. The molecule has 0 radical (unpaired) electrons. The van der Waals surface area contributed by atoms with E-state index >= 15 is 0 Å². The first kappa shape index (κ1) is 14.1. The van der Waals surface area contributed by atoms with Gasteiger partial charge in [-0.25, -0.2) is 9.97 Å². The van der Waals surface area contributed by atoms with Crippen LogP contribution in [0, 0.1) is 0 Å². The second-order valence-electron chi connectivity index (χ2n) is 5.00. The van der Waals surface area contributed by atoms with E-state index in [2.05, 4.69) is 9.97 Å². The molecule has 0 unspecified atom stereocenters. The van der Waals surface area contributed by atoms with E-state index in [0.29, 0.717) is 17.3 Å². The molecule has 1 atom stereocenters. The van der Waals surface area contributed by atoms with Gasteiger partial charge in [-0.1, -0.05) is 42.5 Å². The number of hydrogen-bond acceptors (Lipinski definition) is 4. The maximum atomic E-state index is 6.01. The summed E-state index contributed by atoms with van der Waals surface area (Å²) in [6.45, 7) is 2.00. The average Bonchev–Trinajstić information content (AvgIpc) is 2.57. The molecule has 3 aromatic rings. The molecule has 110 valence electrons. The highest BCUT2D eigenvalue weighted by Gasteiger charge is 2.13. The molecule has 0 aliphatic heterocycles. The molecule has 0 aliphatic rings. The lowest BCUT2D eigenvalue weighted by Crippen LogP contribution is -2.06. The van der Waals surface area contributed by atoms with Gasteiger partial charge in [0.05, 0.1) is 0 Å². The first-order valence-electron chi connectivity index (χ1n) is 7.12. The van der Waals surface area contributed by atoms with Crippen molar-refractivity contribution in [2.24, 2.45) is 0 Å². The van der Waals surface area contributed by atoms with Crippen LogP contribution in [0.1, 0.15) is 18.6 Å². The minimum atomic E-state index is -0.106. The normalized spacial score (nSPS) is 11.9. The number of nitrogens with zero attached hydrogens (tertiary/aromatic N) is 2. The number of rotatable bonds is 4. The molecular weight excluding hydrogens is 274 g/mol. The fourth-order valence-corrected chi connectivity index (χ4v) is 2.21. The largest absolute Gasteiger partial charge is 0.468 e. The molecule has 4 heteroatoms. The molecular formula is C18H17N3O. The molecule has 2 aromatic carbocycles. The number of ether oxygens (including phenoxy) is 1. The topological polar surface area (TPSA) is 61.0 Å². The third-order valence-corrected chi connectivity index (χ3v) is 3.41. The molecule has 0 saturated carbocycles. The van der Waals surface area contributed by atoms with Gasteiger partial charge in [-0.15, -0.1) is 0 Å². The van der Waals surface area contributed by atoms with Crippen molar-refractivity contribution in [3.05, 3.63) is 72.6 Å². The Hall–Kier alpha value is -2.88. The van der Waals surface area contributed by atoms with Crippen LogP contribution in [0.4, 0.5) is 5.69 Å². The highest BCUT2D eigenvalue weighted by Crippen LogP contribution is 2.29. The van der Waals surface area contributed by atoms with Crippen LogP contribution >= 0.6 is 0 Å². The lowest BCUT2D eigenvalue weighted by atomic mass is 10.1. The van der Waals surface area contributed by atoms with Crippen molar-refractivity contribution in [1.29, 1.82) is 0 Å². The van der Waals surface area contributed by atoms with Crippen molar-refractivity contribution in [2.45, 2.75) is 13.0 Å². The fourth-order valence-electron chi connectivity index (χ4n) is 2.21.